The van der Waals surface area contributed by atoms with Crippen molar-refractivity contribution in [3.05, 3.63) is 23.8 Å². The zero-order chi connectivity index (χ0) is 11.7. The van der Waals surface area contributed by atoms with Gasteiger partial charge in [0, 0.05) is 12.3 Å². The molecule has 2 rings (SSSR count). The fourth-order valence-electron chi connectivity index (χ4n) is 1.78. The molecule has 0 unspecified atom stereocenters. The van der Waals surface area contributed by atoms with Crippen LogP contribution in [0.1, 0.15) is 19.4 Å². The van der Waals surface area contributed by atoms with E-state index in [0.717, 1.165) is 17.0 Å². The molecule has 0 saturated heterocycles. The maximum absolute atomic E-state index is 11.8. The Morgan fingerprint density at radius 3 is 2.81 bits per heavy atom. The van der Waals surface area contributed by atoms with E-state index < -0.39 is 0 Å². The van der Waals surface area contributed by atoms with Crippen LogP contribution < -0.4 is 4.74 Å². The monoisotopic (exact) mass is 217 g/mol. The molecular weight excluding hydrogens is 202 g/mol. The van der Waals surface area contributed by atoms with E-state index in [1.165, 1.54) is 0 Å². The van der Waals surface area contributed by atoms with Gasteiger partial charge in [0.25, 0.3) is 0 Å². The van der Waals surface area contributed by atoms with Crippen LogP contribution in [0.2, 0.25) is 0 Å². The number of hydrogen-bond donors (Lipinski definition) is 0. The minimum Gasteiger partial charge on any atom is -0.497 e. The number of methoxy groups -OCH3 is 1. The van der Waals surface area contributed by atoms with Gasteiger partial charge in [-0.15, -0.1) is 0 Å². The molecule has 1 heterocycles. The SMILES string of the molecule is COc1ccc2c(c1)CC(C(=O)C(C)C)=N2. The Balaban J connectivity index is 2.26. The second kappa shape index (κ2) is 4.08. The molecule has 0 N–H and O–H groups in total. The Bertz CT molecular complexity index is 461. The predicted octanol–water partition coefficient (Wildman–Crippen LogP) is 2.55. The van der Waals surface area contributed by atoms with E-state index in [-0.39, 0.29) is 11.7 Å². The molecule has 0 atom stereocenters. The lowest BCUT2D eigenvalue weighted by atomic mass is 10.0. The van der Waals surface area contributed by atoms with Crippen LogP contribution in [-0.4, -0.2) is 18.6 Å². The molecule has 0 amide bonds. The molecule has 16 heavy (non-hydrogen) atoms. The van der Waals surface area contributed by atoms with E-state index in [0.29, 0.717) is 12.1 Å². The van der Waals surface area contributed by atoms with Crippen LogP contribution in [0.3, 0.4) is 0 Å². The van der Waals surface area contributed by atoms with Crippen molar-refractivity contribution in [1.82, 2.24) is 0 Å². The van der Waals surface area contributed by atoms with Gasteiger partial charge in [-0.1, -0.05) is 13.8 Å². The van der Waals surface area contributed by atoms with Crippen LogP contribution >= 0.6 is 0 Å². The van der Waals surface area contributed by atoms with E-state index in [2.05, 4.69) is 4.99 Å². The van der Waals surface area contributed by atoms with Crippen LogP contribution in [0.5, 0.6) is 5.75 Å². The summed E-state index contributed by atoms with van der Waals surface area (Å²) in [5, 5.41) is 0. The number of aliphatic imine (C=N–C) groups is 1. The van der Waals surface area contributed by atoms with Gasteiger partial charge in [-0.2, -0.15) is 0 Å². The largest absolute Gasteiger partial charge is 0.497 e. The first kappa shape index (κ1) is 10.9. The van der Waals surface area contributed by atoms with E-state index in [1.54, 1.807) is 7.11 Å². The fourth-order valence-corrected chi connectivity index (χ4v) is 1.78. The van der Waals surface area contributed by atoms with E-state index >= 15 is 0 Å². The standard InChI is InChI=1S/C13H15NO2/c1-8(2)13(15)12-7-9-6-10(16-3)4-5-11(9)14-12/h4-6,8H,7H2,1-3H3. The maximum atomic E-state index is 11.8. The van der Waals surface area contributed by atoms with E-state index in [4.69, 9.17) is 4.74 Å². The summed E-state index contributed by atoms with van der Waals surface area (Å²) in [5.41, 5.74) is 2.63. The first-order chi connectivity index (χ1) is 7.61. The number of nitrogens with zero attached hydrogens (tertiary/aromatic N) is 1. The van der Waals surface area contributed by atoms with Gasteiger partial charge in [0.05, 0.1) is 18.5 Å². The molecule has 0 bridgehead atoms. The van der Waals surface area contributed by atoms with Crippen LogP contribution in [0.25, 0.3) is 0 Å². The zero-order valence-corrected chi connectivity index (χ0v) is 9.78. The summed E-state index contributed by atoms with van der Waals surface area (Å²) >= 11 is 0. The van der Waals surface area contributed by atoms with Crippen LogP contribution in [0, 0.1) is 5.92 Å². The normalized spacial score (nSPS) is 13.6. The van der Waals surface area contributed by atoms with Gasteiger partial charge in [0.15, 0.2) is 5.78 Å². The summed E-state index contributed by atoms with van der Waals surface area (Å²) < 4.78 is 5.15. The highest BCUT2D eigenvalue weighted by Gasteiger charge is 2.22. The lowest BCUT2D eigenvalue weighted by Gasteiger charge is -2.02. The molecule has 3 heteroatoms. The number of benzene rings is 1. The van der Waals surface area contributed by atoms with Crippen LogP contribution in [-0.2, 0) is 11.2 Å². The van der Waals surface area contributed by atoms with Crippen molar-refractivity contribution in [3.8, 4) is 5.75 Å². The fraction of sp³-hybridized carbons (Fsp3) is 0.385. The average molecular weight is 217 g/mol. The first-order valence-corrected chi connectivity index (χ1v) is 5.40. The highest BCUT2D eigenvalue weighted by molar-refractivity contribution is 6.42. The summed E-state index contributed by atoms with van der Waals surface area (Å²) in [6, 6.07) is 5.71. The molecule has 84 valence electrons. The Morgan fingerprint density at radius 1 is 1.44 bits per heavy atom. The van der Waals surface area contributed by atoms with Crippen molar-refractivity contribution in [2.24, 2.45) is 10.9 Å². The molecular formula is C13H15NO2. The molecule has 1 aromatic rings. The van der Waals surface area contributed by atoms with Crippen LogP contribution in [0.4, 0.5) is 5.69 Å². The maximum Gasteiger partial charge on any atom is 0.179 e. The van der Waals surface area contributed by atoms with Gasteiger partial charge in [0.1, 0.15) is 5.75 Å². The molecule has 0 fully saturated rings. The number of hydrogen-bond acceptors (Lipinski definition) is 3. The molecule has 0 radical (unpaired) electrons. The first-order valence-electron chi connectivity index (χ1n) is 5.40. The lowest BCUT2D eigenvalue weighted by molar-refractivity contribution is -0.115. The summed E-state index contributed by atoms with van der Waals surface area (Å²) in [6.45, 7) is 3.79. The molecule has 0 aromatic heterocycles. The topological polar surface area (TPSA) is 38.7 Å². The van der Waals surface area contributed by atoms with Gasteiger partial charge in [-0.3, -0.25) is 4.79 Å². The summed E-state index contributed by atoms with van der Waals surface area (Å²) in [7, 11) is 1.64. The molecule has 1 aromatic carbocycles. The number of Topliss-reactive ketones (excluding diaryl/α,β-unsaturated/α-hetero) is 1. The summed E-state index contributed by atoms with van der Waals surface area (Å²) in [4.78, 5) is 16.2. The number of ether oxygens (including phenoxy) is 1. The third-order valence-electron chi connectivity index (χ3n) is 2.71. The number of fused-ring (bicyclic) bond motifs is 1. The van der Waals surface area contributed by atoms with Crippen molar-refractivity contribution < 1.29 is 9.53 Å². The van der Waals surface area contributed by atoms with Crippen molar-refractivity contribution in [2.45, 2.75) is 20.3 Å². The highest BCUT2D eigenvalue weighted by atomic mass is 16.5. The summed E-state index contributed by atoms with van der Waals surface area (Å²) in [5.74, 6) is 0.956. The van der Waals surface area contributed by atoms with Gasteiger partial charge in [0.2, 0.25) is 0 Å². The van der Waals surface area contributed by atoms with Crippen molar-refractivity contribution in [3.63, 3.8) is 0 Å². The molecule has 1 aliphatic heterocycles. The van der Waals surface area contributed by atoms with E-state index in [9.17, 15) is 4.79 Å². The molecule has 3 nitrogen and oxygen atoms in total. The van der Waals surface area contributed by atoms with Gasteiger partial charge >= 0.3 is 0 Å². The quantitative estimate of drug-likeness (QED) is 0.780. The number of carbonyl (C=O) groups is 1. The van der Waals surface area contributed by atoms with Gasteiger partial charge in [-0.05, 0) is 23.8 Å². The van der Waals surface area contributed by atoms with Crippen molar-refractivity contribution >= 4 is 17.2 Å². The average Bonchev–Trinajstić information content (AvgIpc) is 2.69. The third-order valence-corrected chi connectivity index (χ3v) is 2.71. The lowest BCUT2D eigenvalue weighted by Crippen LogP contribution is -2.19. The van der Waals surface area contributed by atoms with Gasteiger partial charge in [-0.25, -0.2) is 4.99 Å². The second-order valence-electron chi connectivity index (χ2n) is 4.25. The Hall–Kier alpha value is -1.64. The van der Waals surface area contributed by atoms with Crippen molar-refractivity contribution in [1.29, 1.82) is 0 Å². The Morgan fingerprint density at radius 2 is 2.19 bits per heavy atom. The minimum atomic E-state index is 0.00922. The zero-order valence-electron chi connectivity index (χ0n) is 9.78. The second-order valence-corrected chi connectivity index (χ2v) is 4.25. The van der Waals surface area contributed by atoms with Crippen LogP contribution in [0.15, 0.2) is 23.2 Å². The predicted molar refractivity (Wildman–Crippen MR) is 63.6 cm³/mol. The van der Waals surface area contributed by atoms with Crippen molar-refractivity contribution in [2.75, 3.05) is 7.11 Å². The number of ketones is 1. The molecule has 0 aliphatic carbocycles. The smallest absolute Gasteiger partial charge is 0.179 e. The Kier molecular flexibility index (Phi) is 2.77. The highest BCUT2D eigenvalue weighted by Crippen LogP contribution is 2.30. The van der Waals surface area contributed by atoms with Gasteiger partial charge < -0.3 is 4.74 Å². The minimum absolute atomic E-state index is 0.00922. The number of carbonyl (C=O) groups excluding carboxylic acids is 1. The molecule has 1 aliphatic rings. The summed E-state index contributed by atoms with van der Waals surface area (Å²) in [6.07, 6.45) is 0.629. The van der Waals surface area contributed by atoms with E-state index in [1.807, 2.05) is 32.0 Å². The Labute approximate surface area is 95.2 Å². The number of rotatable bonds is 3. The third kappa shape index (κ3) is 1.85. The molecule has 0 saturated carbocycles. The molecule has 0 spiro atoms.